The number of nitriles is 2. The Bertz CT molecular complexity index is 704. The van der Waals surface area contributed by atoms with Crippen molar-refractivity contribution in [1.29, 1.82) is 10.5 Å². The predicted molar refractivity (Wildman–Crippen MR) is 86.9 cm³/mol. The van der Waals surface area contributed by atoms with E-state index in [4.69, 9.17) is 20.0 Å². The first kappa shape index (κ1) is 16.4. The number of aryl methyl sites for hydroxylation is 2. The molecule has 2 aromatic carbocycles. The average molecular weight is 306 g/mol. The van der Waals surface area contributed by atoms with E-state index in [2.05, 4.69) is 12.1 Å². The van der Waals surface area contributed by atoms with Crippen molar-refractivity contribution in [2.75, 3.05) is 0 Å². The Morgan fingerprint density at radius 1 is 0.783 bits per heavy atom. The second-order valence-corrected chi connectivity index (χ2v) is 5.15. The molecule has 0 unspecified atom stereocenters. The molecule has 4 nitrogen and oxygen atoms in total. The second-order valence-electron chi connectivity index (χ2n) is 5.15. The zero-order valence-electron chi connectivity index (χ0n) is 13.3. The quantitative estimate of drug-likeness (QED) is 0.753. The molecule has 2 aromatic rings. The Balaban J connectivity index is 2.25. The fraction of sp³-hybridized carbons (Fsp3) is 0.263. The Morgan fingerprint density at radius 2 is 1.22 bits per heavy atom. The predicted octanol–water partition coefficient (Wildman–Crippen LogP) is 4.12. The van der Waals surface area contributed by atoms with Crippen LogP contribution in [0.4, 0.5) is 0 Å². The molecule has 0 radical (unpaired) electrons. The molecule has 0 aromatic heterocycles. The van der Waals surface area contributed by atoms with Gasteiger partial charge < -0.3 is 9.47 Å². The highest BCUT2D eigenvalue weighted by molar-refractivity contribution is 5.42. The van der Waals surface area contributed by atoms with E-state index in [9.17, 15) is 0 Å². The van der Waals surface area contributed by atoms with Crippen molar-refractivity contribution in [3.05, 3.63) is 58.7 Å². The highest BCUT2D eigenvalue weighted by Crippen LogP contribution is 2.25. The van der Waals surface area contributed by atoms with E-state index in [1.54, 1.807) is 12.5 Å². The highest BCUT2D eigenvalue weighted by atomic mass is 16.5. The van der Waals surface area contributed by atoms with Crippen LogP contribution >= 0.6 is 0 Å². The summed E-state index contributed by atoms with van der Waals surface area (Å²) in [6.45, 7) is 4.07. The maximum Gasteiger partial charge on any atom is 0.292 e. The van der Waals surface area contributed by atoms with Crippen molar-refractivity contribution in [3.8, 4) is 24.0 Å². The molecule has 0 aliphatic rings. The van der Waals surface area contributed by atoms with Gasteiger partial charge in [-0.25, -0.2) is 0 Å². The second kappa shape index (κ2) is 7.87. The van der Waals surface area contributed by atoms with Crippen LogP contribution in [0.2, 0.25) is 0 Å². The molecular formula is C19H18N2O2. The lowest BCUT2D eigenvalue weighted by Crippen LogP contribution is -1.96. The normalized spacial score (nSPS) is 9.74. The van der Waals surface area contributed by atoms with E-state index in [0.29, 0.717) is 11.5 Å². The van der Waals surface area contributed by atoms with Gasteiger partial charge in [0.25, 0.3) is 12.5 Å². The minimum atomic E-state index is 0.616. The van der Waals surface area contributed by atoms with Crippen LogP contribution in [0.3, 0.4) is 0 Å². The van der Waals surface area contributed by atoms with Gasteiger partial charge in [-0.1, -0.05) is 38.1 Å². The molecule has 0 heterocycles. The van der Waals surface area contributed by atoms with Crippen LogP contribution in [0.25, 0.3) is 0 Å². The summed E-state index contributed by atoms with van der Waals surface area (Å²) >= 11 is 0. The lowest BCUT2D eigenvalue weighted by Gasteiger charge is -2.10. The molecule has 2 rings (SSSR count). The molecule has 4 heteroatoms. The first-order valence-electron chi connectivity index (χ1n) is 7.57. The number of nitrogens with zero attached hydrogens (tertiary/aromatic N) is 2. The Labute approximate surface area is 136 Å². The van der Waals surface area contributed by atoms with Crippen molar-refractivity contribution in [3.63, 3.8) is 0 Å². The van der Waals surface area contributed by atoms with E-state index < -0.39 is 0 Å². The van der Waals surface area contributed by atoms with Gasteiger partial charge in [0, 0.05) is 0 Å². The van der Waals surface area contributed by atoms with Crippen LogP contribution in [-0.4, -0.2) is 0 Å². The lowest BCUT2D eigenvalue weighted by atomic mass is 9.99. The SMILES string of the molecule is CCc1cc(Cc2ccc(OC#N)c(CC)c2)ccc1OC#N. The molecule has 23 heavy (non-hydrogen) atoms. The van der Waals surface area contributed by atoms with E-state index in [1.165, 1.54) is 0 Å². The van der Waals surface area contributed by atoms with E-state index in [1.807, 2.05) is 38.1 Å². The van der Waals surface area contributed by atoms with Gasteiger partial charge in [0.05, 0.1) is 0 Å². The average Bonchev–Trinajstić information content (AvgIpc) is 2.58. The van der Waals surface area contributed by atoms with Crippen molar-refractivity contribution in [2.24, 2.45) is 0 Å². The number of benzene rings is 2. The topological polar surface area (TPSA) is 66.0 Å². The Kier molecular flexibility index (Phi) is 5.61. The first-order valence-corrected chi connectivity index (χ1v) is 7.57. The molecular weight excluding hydrogens is 288 g/mol. The molecule has 0 atom stereocenters. The Morgan fingerprint density at radius 3 is 1.57 bits per heavy atom. The van der Waals surface area contributed by atoms with Crippen LogP contribution < -0.4 is 9.47 Å². The summed E-state index contributed by atoms with van der Waals surface area (Å²) in [5.41, 5.74) is 4.35. The summed E-state index contributed by atoms with van der Waals surface area (Å²) in [6, 6.07) is 11.8. The molecule has 0 saturated heterocycles. The molecule has 0 spiro atoms. The summed E-state index contributed by atoms with van der Waals surface area (Å²) in [7, 11) is 0. The van der Waals surface area contributed by atoms with Gasteiger partial charge in [-0.05, 0) is 53.6 Å². The fourth-order valence-electron chi connectivity index (χ4n) is 2.57. The van der Waals surface area contributed by atoms with Crippen molar-refractivity contribution >= 4 is 0 Å². The molecule has 116 valence electrons. The van der Waals surface area contributed by atoms with Crippen LogP contribution in [0.1, 0.15) is 36.1 Å². The van der Waals surface area contributed by atoms with Crippen LogP contribution in [0.5, 0.6) is 11.5 Å². The third-order valence-corrected chi connectivity index (χ3v) is 3.73. The first-order chi connectivity index (χ1) is 11.2. The van der Waals surface area contributed by atoms with Gasteiger partial charge in [0.2, 0.25) is 0 Å². The number of rotatable bonds is 6. The van der Waals surface area contributed by atoms with Crippen LogP contribution in [-0.2, 0) is 19.3 Å². The van der Waals surface area contributed by atoms with Crippen LogP contribution in [0.15, 0.2) is 36.4 Å². The van der Waals surface area contributed by atoms with Gasteiger partial charge in [0.1, 0.15) is 11.5 Å². The molecule has 0 bridgehead atoms. The summed E-state index contributed by atoms with van der Waals surface area (Å²) in [5.74, 6) is 1.23. The van der Waals surface area contributed by atoms with Gasteiger partial charge in [0.15, 0.2) is 0 Å². The monoisotopic (exact) mass is 306 g/mol. The lowest BCUT2D eigenvalue weighted by molar-refractivity contribution is 0.500. The molecule has 0 saturated carbocycles. The van der Waals surface area contributed by atoms with Crippen molar-refractivity contribution in [1.82, 2.24) is 0 Å². The fourth-order valence-corrected chi connectivity index (χ4v) is 2.57. The van der Waals surface area contributed by atoms with E-state index >= 15 is 0 Å². The minimum absolute atomic E-state index is 0.616. The van der Waals surface area contributed by atoms with Crippen molar-refractivity contribution in [2.45, 2.75) is 33.1 Å². The number of hydrogen-bond acceptors (Lipinski definition) is 4. The van der Waals surface area contributed by atoms with Gasteiger partial charge in [-0.15, -0.1) is 10.5 Å². The third-order valence-electron chi connectivity index (χ3n) is 3.73. The highest BCUT2D eigenvalue weighted by Gasteiger charge is 2.07. The van der Waals surface area contributed by atoms with Crippen molar-refractivity contribution < 1.29 is 9.47 Å². The van der Waals surface area contributed by atoms with E-state index in [0.717, 1.165) is 41.5 Å². The summed E-state index contributed by atoms with van der Waals surface area (Å²) in [4.78, 5) is 0. The van der Waals surface area contributed by atoms with Crippen LogP contribution in [0, 0.1) is 23.0 Å². The maximum absolute atomic E-state index is 8.66. The minimum Gasteiger partial charge on any atom is -0.388 e. The summed E-state index contributed by atoms with van der Waals surface area (Å²) in [5, 5.41) is 17.3. The molecule has 0 aliphatic carbocycles. The van der Waals surface area contributed by atoms with Gasteiger partial charge >= 0.3 is 0 Å². The smallest absolute Gasteiger partial charge is 0.292 e. The zero-order chi connectivity index (χ0) is 16.7. The largest absolute Gasteiger partial charge is 0.388 e. The Hall–Kier alpha value is -2.98. The summed E-state index contributed by atoms with van der Waals surface area (Å²) in [6.07, 6.45) is 5.83. The zero-order valence-corrected chi connectivity index (χ0v) is 13.3. The van der Waals surface area contributed by atoms with Gasteiger partial charge in [-0.2, -0.15) is 0 Å². The molecule has 0 N–H and O–H groups in total. The standard InChI is InChI=1S/C19H18N2O2/c1-3-16-10-14(5-7-18(16)22-12-20)9-15-6-8-19(23-13-21)17(4-2)11-15/h5-8,10-11H,3-4,9H2,1-2H3. The molecule has 0 amide bonds. The maximum atomic E-state index is 8.66. The molecule has 0 aliphatic heterocycles. The van der Waals surface area contributed by atoms with Gasteiger partial charge in [-0.3, -0.25) is 0 Å². The number of hydrogen-bond donors (Lipinski definition) is 0. The van der Waals surface area contributed by atoms with E-state index in [-0.39, 0.29) is 0 Å². The molecule has 0 fully saturated rings. The number of ether oxygens (including phenoxy) is 2. The third kappa shape index (κ3) is 4.02. The summed E-state index contributed by atoms with van der Waals surface area (Å²) < 4.78 is 9.94.